The van der Waals surface area contributed by atoms with Crippen LogP contribution in [0.25, 0.3) is 0 Å². The second kappa shape index (κ2) is 9.32. The van der Waals surface area contributed by atoms with E-state index in [1.54, 1.807) is 17.0 Å². The van der Waals surface area contributed by atoms with Gasteiger partial charge in [-0.25, -0.2) is 13.8 Å². The number of methoxy groups -OCH3 is 2. The lowest BCUT2D eigenvalue weighted by atomic mass is 9.86. The fourth-order valence-electron chi connectivity index (χ4n) is 3.55. The maximum absolute atomic E-state index is 13.4. The summed E-state index contributed by atoms with van der Waals surface area (Å²) in [5.41, 5.74) is 0.490. The molecule has 1 aromatic carbocycles. The Morgan fingerprint density at radius 2 is 1.94 bits per heavy atom. The van der Waals surface area contributed by atoms with Gasteiger partial charge in [0.2, 0.25) is 11.8 Å². The molecule has 31 heavy (non-hydrogen) atoms. The van der Waals surface area contributed by atoms with Gasteiger partial charge in [-0.05, 0) is 25.0 Å². The van der Waals surface area contributed by atoms with E-state index >= 15 is 0 Å². The smallest absolute Gasteiger partial charge is 0.251 e. The van der Waals surface area contributed by atoms with Gasteiger partial charge in [-0.3, -0.25) is 9.59 Å². The number of hydrogen-bond acceptors (Lipinski definition) is 5. The van der Waals surface area contributed by atoms with Crippen LogP contribution in [0, 0.1) is 5.92 Å². The number of ether oxygens (including phenoxy) is 2. The van der Waals surface area contributed by atoms with Crippen molar-refractivity contribution in [3.05, 3.63) is 35.9 Å². The number of alkyl halides is 2. The highest BCUT2D eigenvalue weighted by Gasteiger charge is 2.37. The summed E-state index contributed by atoms with van der Waals surface area (Å²) in [7, 11) is 4.65. The van der Waals surface area contributed by atoms with Crippen molar-refractivity contribution in [3.63, 3.8) is 0 Å². The summed E-state index contributed by atoms with van der Waals surface area (Å²) in [6, 6.07) is 2.98. The molecule has 1 aliphatic carbocycles. The minimum absolute atomic E-state index is 0.0993. The molecule has 0 unspecified atom stereocenters. The number of hydrogen-bond donors (Lipinski definition) is 2. The number of benzene rings is 1. The predicted molar refractivity (Wildman–Crippen MR) is 109 cm³/mol. The van der Waals surface area contributed by atoms with Crippen LogP contribution in [-0.2, 0) is 18.4 Å². The van der Waals surface area contributed by atoms with Crippen LogP contribution in [0.3, 0.4) is 0 Å². The van der Waals surface area contributed by atoms with Gasteiger partial charge in [0.1, 0.15) is 5.82 Å². The van der Waals surface area contributed by atoms with E-state index in [1.807, 2.05) is 7.05 Å². The minimum atomic E-state index is -2.72. The van der Waals surface area contributed by atoms with Crippen molar-refractivity contribution >= 4 is 17.5 Å². The fourth-order valence-corrected chi connectivity index (χ4v) is 3.55. The number of nitrogens with zero attached hydrogens (tertiary/aromatic N) is 2. The second-order valence-corrected chi connectivity index (χ2v) is 7.52. The minimum Gasteiger partial charge on any atom is -0.493 e. The van der Waals surface area contributed by atoms with E-state index in [0.29, 0.717) is 5.82 Å². The maximum atomic E-state index is 13.4. The molecule has 8 nitrogen and oxygen atoms in total. The molecule has 2 aromatic rings. The standard InChI is InChI=1S/C21H26F2N4O4/c1-27-9-8-24-17(27)12-25-19(28)14-10-15(18(31-3)16(11-14)30-2)26-20(29)13-4-6-21(22,23)7-5-13/h8-11,13H,4-7,12H2,1-3H3,(H,25,28)(H,26,29). The highest BCUT2D eigenvalue weighted by molar-refractivity contribution is 6.00. The summed E-state index contributed by atoms with van der Waals surface area (Å²) in [6.07, 6.45) is 2.96. The molecule has 10 heteroatoms. The lowest BCUT2D eigenvalue weighted by molar-refractivity contribution is -0.124. The zero-order chi connectivity index (χ0) is 22.6. The third kappa shape index (κ3) is 5.31. The third-order valence-corrected chi connectivity index (χ3v) is 5.41. The summed E-state index contributed by atoms with van der Waals surface area (Å²) in [4.78, 5) is 29.5. The Balaban J connectivity index is 1.78. The van der Waals surface area contributed by atoms with Crippen LogP contribution in [0.4, 0.5) is 14.5 Å². The van der Waals surface area contributed by atoms with Crippen LogP contribution < -0.4 is 20.1 Å². The first-order chi connectivity index (χ1) is 14.7. The summed E-state index contributed by atoms with van der Waals surface area (Å²) in [5, 5.41) is 5.49. The summed E-state index contributed by atoms with van der Waals surface area (Å²) in [5.74, 6) is -2.84. The summed E-state index contributed by atoms with van der Waals surface area (Å²) >= 11 is 0. The van der Waals surface area contributed by atoms with Crippen LogP contribution in [-0.4, -0.2) is 41.5 Å². The normalized spacial score (nSPS) is 15.9. The molecule has 1 heterocycles. The number of carbonyl (C=O) groups is 2. The van der Waals surface area contributed by atoms with E-state index in [9.17, 15) is 18.4 Å². The largest absolute Gasteiger partial charge is 0.493 e. The monoisotopic (exact) mass is 436 g/mol. The van der Waals surface area contributed by atoms with Crippen LogP contribution in [0.2, 0.25) is 0 Å². The van der Waals surface area contributed by atoms with Crippen molar-refractivity contribution in [1.29, 1.82) is 0 Å². The molecular weight excluding hydrogens is 410 g/mol. The molecule has 1 aromatic heterocycles. The average Bonchev–Trinajstić information content (AvgIpc) is 3.15. The van der Waals surface area contributed by atoms with Gasteiger partial charge in [0.15, 0.2) is 11.5 Å². The lowest BCUT2D eigenvalue weighted by Crippen LogP contribution is -2.32. The lowest BCUT2D eigenvalue weighted by Gasteiger charge is -2.27. The van der Waals surface area contributed by atoms with Crippen LogP contribution in [0.1, 0.15) is 41.9 Å². The number of nitrogens with one attached hydrogen (secondary N) is 2. The number of carbonyl (C=O) groups excluding carboxylic acids is 2. The van der Waals surface area contributed by atoms with Gasteiger partial charge in [-0.15, -0.1) is 0 Å². The molecule has 0 aliphatic heterocycles. The molecule has 0 atom stereocenters. The maximum Gasteiger partial charge on any atom is 0.251 e. The number of halogens is 2. The first-order valence-electron chi connectivity index (χ1n) is 9.93. The quantitative estimate of drug-likeness (QED) is 0.696. The highest BCUT2D eigenvalue weighted by atomic mass is 19.3. The van der Waals surface area contributed by atoms with Crippen molar-refractivity contribution < 1.29 is 27.8 Å². The fraction of sp³-hybridized carbons (Fsp3) is 0.476. The Kier molecular flexibility index (Phi) is 6.77. The molecule has 0 radical (unpaired) electrons. The van der Waals surface area contributed by atoms with Crippen LogP contribution in [0.5, 0.6) is 11.5 Å². The SMILES string of the molecule is COc1cc(C(=O)NCc2nccn2C)cc(NC(=O)C2CCC(F)(F)CC2)c1OC. The first-order valence-corrected chi connectivity index (χ1v) is 9.93. The Labute approximate surface area is 178 Å². The van der Waals surface area contributed by atoms with Gasteiger partial charge in [-0.2, -0.15) is 0 Å². The molecule has 2 amide bonds. The molecule has 2 N–H and O–H groups in total. The third-order valence-electron chi connectivity index (χ3n) is 5.41. The summed E-state index contributed by atoms with van der Waals surface area (Å²) < 4.78 is 39.3. The molecule has 3 rings (SSSR count). The van der Waals surface area contributed by atoms with Gasteiger partial charge >= 0.3 is 0 Å². The number of rotatable bonds is 7. The molecule has 168 valence electrons. The van der Waals surface area contributed by atoms with Crippen molar-refractivity contribution in [2.75, 3.05) is 19.5 Å². The van der Waals surface area contributed by atoms with Gasteiger partial charge in [0, 0.05) is 43.8 Å². The molecule has 0 spiro atoms. The van der Waals surface area contributed by atoms with Gasteiger partial charge in [0.25, 0.3) is 5.91 Å². The number of aryl methyl sites for hydroxylation is 1. The van der Waals surface area contributed by atoms with Crippen molar-refractivity contribution in [3.8, 4) is 11.5 Å². The molecular formula is C21H26F2N4O4. The second-order valence-electron chi connectivity index (χ2n) is 7.52. The highest BCUT2D eigenvalue weighted by Crippen LogP contribution is 2.39. The van der Waals surface area contributed by atoms with Gasteiger partial charge in [0.05, 0.1) is 26.5 Å². The van der Waals surface area contributed by atoms with Crippen molar-refractivity contribution in [2.24, 2.45) is 13.0 Å². The van der Waals surface area contributed by atoms with E-state index in [2.05, 4.69) is 15.6 Å². The Morgan fingerprint density at radius 1 is 1.23 bits per heavy atom. The van der Waals surface area contributed by atoms with Gasteiger partial charge < -0.3 is 24.7 Å². The molecule has 1 fully saturated rings. The molecule has 1 saturated carbocycles. The number of aromatic nitrogens is 2. The zero-order valence-electron chi connectivity index (χ0n) is 17.7. The average molecular weight is 436 g/mol. The van der Waals surface area contributed by atoms with Crippen molar-refractivity contribution in [1.82, 2.24) is 14.9 Å². The molecule has 0 bridgehead atoms. The Morgan fingerprint density at radius 3 is 2.52 bits per heavy atom. The number of anilines is 1. The Bertz CT molecular complexity index is 951. The molecule has 1 aliphatic rings. The van der Waals surface area contributed by atoms with Crippen LogP contribution >= 0.6 is 0 Å². The van der Waals surface area contributed by atoms with Gasteiger partial charge in [-0.1, -0.05) is 0 Å². The molecule has 0 saturated heterocycles. The zero-order valence-corrected chi connectivity index (χ0v) is 17.7. The van der Waals surface area contributed by atoms with E-state index in [-0.39, 0.29) is 60.9 Å². The summed E-state index contributed by atoms with van der Waals surface area (Å²) in [6.45, 7) is 0.217. The number of amides is 2. The van der Waals surface area contributed by atoms with Crippen molar-refractivity contribution in [2.45, 2.75) is 38.2 Å². The van der Waals surface area contributed by atoms with E-state index in [1.165, 1.54) is 26.4 Å². The number of imidazole rings is 1. The first kappa shape index (κ1) is 22.5. The van der Waals surface area contributed by atoms with E-state index in [0.717, 1.165) is 0 Å². The topological polar surface area (TPSA) is 94.5 Å². The Hall–Kier alpha value is -3.17. The predicted octanol–water partition coefficient (Wildman–Crippen LogP) is 3.13. The van der Waals surface area contributed by atoms with E-state index < -0.39 is 17.7 Å². The van der Waals surface area contributed by atoms with E-state index in [4.69, 9.17) is 9.47 Å². The van der Waals surface area contributed by atoms with Crippen LogP contribution in [0.15, 0.2) is 24.5 Å².